The summed E-state index contributed by atoms with van der Waals surface area (Å²) in [4.78, 5) is 2.69. The van der Waals surface area contributed by atoms with Gasteiger partial charge in [-0.2, -0.15) is 0 Å². The maximum atomic E-state index is 5.39. The van der Waals surface area contributed by atoms with E-state index < -0.39 is 0 Å². The molecule has 3 nitrogen and oxygen atoms in total. The van der Waals surface area contributed by atoms with E-state index in [1.54, 1.807) is 7.11 Å². The normalized spacial score (nSPS) is 26.0. The first-order valence-corrected chi connectivity index (χ1v) is 9.38. The number of methoxy groups -OCH3 is 1. The molecule has 1 saturated heterocycles. The average Bonchev–Trinajstić information content (AvgIpc) is 3.15. The molecule has 2 aliphatic carbocycles. The molecule has 0 bridgehead atoms. The number of hydrogen-bond donors (Lipinski definition) is 1. The number of benzene rings is 1. The van der Waals surface area contributed by atoms with Gasteiger partial charge in [0.1, 0.15) is 5.75 Å². The zero-order chi connectivity index (χ0) is 15.7. The van der Waals surface area contributed by atoms with Crippen LogP contribution in [0.5, 0.6) is 5.75 Å². The van der Waals surface area contributed by atoms with Gasteiger partial charge < -0.3 is 15.0 Å². The highest BCUT2D eigenvalue weighted by molar-refractivity contribution is 5.37. The highest BCUT2D eigenvalue weighted by atomic mass is 16.5. The van der Waals surface area contributed by atoms with Crippen LogP contribution in [0.4, 0.5) is 0 Å². The number of likely N-dealkylation sites (tertiary alicyclic amines) is 1. The number of nitrogens with zero attached hydrogens (tertiary/aromatic N) is 1. The Labute approximate surface area is 140 Å². The fourth-order valence-corrected chi connectivity index (χ4v) is 4.38. The largest absolute Gasteiger partial charge is 0.497 e. The van der Waals surface area contributed by atoms with Gasteiger partial charge in [-0.3, -0.25) is 0 Å². The van der Waals surface area contributed by atoms with Crippen LogP contribution in [0, 0.1) is 5.41 Å². The van der Waals surface area contributed by atoms with E-state index in [1.165, 1.54) is 75.8 Å². The van der Waals surface area contributed by atoms with Crippen LogP contribution in [-0.4, -0.2) is 44.2 Å². The third kappa shape index (κ3) is 3.56. The zero-order valence-corrected chi connectivity index (χ0v) is 14.4. The summed E-state index contributed by atoms with van der Waals surface area (Å²) in [5.74, 6) is 0.997. The zero-order valence-electron chi connectivity index (χ0n) is 14.4. The molecule has 4 rings (SSSR count). The van der Waals surface area contributed by atoms with Crippen LogP contribution in [0.1, 0.15) is 43.2 Å². The Balaban J connectivity index is 1.31. The number of fused-ring (bicyclic) bond motifs is 1. The van der Waals surface area contributed by atoms with Gasteiger partial charge in [0.05, 0.1) is 7.11 Å². The third-order valence-corrected chi connectivity index (χ3v) is 6.12. The van der Waals surface area contributed by atoms with Crippen LogP contribution < -0.4 is 10.1 Å². The Morgan fingerprint density at radius 3 is 2.78 bits per heavy atom. The fraction of sp³-hybridized carbons (Fsp3) is 0.700. The number of nitrogens with one attached hydrogen (secondary N) is 1. The van der Waals surface area contributed by atoms with E-state index in [-0.39, 0.29) is 0 Å². The van der Waals surface area contributed by atoms with Gasteiger partial charge in [0, 0.05) is 19.1 Å². The van der Waals surface area contributed by atoms with Gasteiger partial charge in [0.2, 0.25) is 0 Å². The predicted molar refractivity (Wildman–Crippen MR) is 94.2 cm³/mol. The molecule has 1 N–H and O–H groups in total. The van der Waals surface area contributed by atoms with Crippen LogP contribution >= 0.6 is 0 Å². The van der Waals surface area contributed by atoms with E-state index in [4.69, 9.17) is 4.74 Å². The monoisotopic (exact) mass is 314 g/mol. The van der Waals surface area contributed by atoms with Gasteiger partial charge in [-0.25, -0.2) is 0 Å². The molecule has 2 fully saturated rings. The number of hydrogen-bond acceptors (Lipinski definition) is 3. The second kappa shape index (κ2) is 6.45. The molecule has 3 heteroatoms. The van der Waals surface area contributed by atoms with E-state index >= 15 is 0 Å². The van der Waals surface area contributed by atoms with Crippen LogP contribution in [-0.2, 0) is 12.8 Å². The molecule has 0 unspecified atom stereocenters. The van der Waals surface area contributed by atoms with Crippen molar-refractivity contribution >= 4 is 0 Å². The molecule has 1 aliphatic heterocycles. The van der Waals surface area contributed by atoms with Crippen molar-refractivity contribution in [2.45, 2.75) is 51.0 Å². The summed E-state index contributed by atoms with van der Waals surface area (Å²) in [6.07, 6.45) is 9.30. The topological polar surface area (TPSA) is 24.5 Å². The van der Waals surface area contributed by atoms with Crippen molar-refractivity contribution in [2.75, 3.05) is 33.3 Å². The molecule has 23 heavy (non-hydrogen) atoms. The van der Waals surface area contributed by atoms with E-state index in [0.717, 1.165) is 12.2 Å². The smallest absolute Gasteiger partial charge is 0.119 e. The molecule has 0 aromatic heterocycles. The molecule has 126 valence electrons. The van der Waals surface area contributed by atoms with E-state index in [2.05, 4.69) is 28.4 Å². The van der Waals surface area contributed by atoms with Crippen molar-refractivity contribution in [3.63, 3.8) is 0 Å². The summed E-state index contributed by atoms with van der Waals surface area (Å²) in [5, 5.41) is 3.91. The highest BCUT2D eigenvalue weighted by Crippen LogP contribution is 2.46. The first kappa shape index (κ1) is 15.5. The lowest BCUT2D eigenvalue weighted by Crippen LogP contribution is -2.41. The molecule has 3 aliphatic rings. The Kier molecular flexibility index (Phi) is 4.33. The number of rotatable bonds is 6. The average molecular weight is 314 g/mol. The van der Waals surface area contributed by atoms with Crippen molar-refractivity contribution in [3.05, 3.63) is 29.3 Å². The Hall–Kier alpha value is -1.06. The van der Waals surface area contributed by atoms with Crippen molar-refractivity contribution in [1.82, 2.24) is 10.2 Å². The van der Waals surface area contributed by atoms with Gasteiger partial charge in [-0.1, -0.05) is 6.07 Å². The highest BCUT2D eigenvalue weighted by Gasteiger charge is 2.44. The minimum absolute atomic E-state index is 0.596. The summed E-state index contributed by atoms with van der Waals surface area (Å²) < 4.78 is 5.39. The molecule has 0 spiro atoms. The summed E-state index contributed by atoms with van der Waals surface area (Å²) in [5.41, 5.74) is 3.60. The second-order valence-corrected chi connectivity index (χ2v) is 7.94. The van der Waals surface area contributed by atoms with E-state index in [9.17, 15) is 0 Å². The molecular formula is C20H30N2O. The number of aryl methyl sites for hydroxylation is 1. The lowest BCUT2D eigenvalue weighted by molar-refractivity contribution is 0.249. The Morgan fingerprint density at radius 1 is 1.22 bits per heavy atom. The molecule has 1 aromatic carbocycles. The predicted octanol–water partition coefficient (Wildman–Crippen LogP) is 3.02. The molecular weight excluding hydrogens is 284 g/mol. The first-order valence-electron chi connectivity index (χ1n) is 9.38. The summed E-state index contributed by atoms with van der Waals surface area (Å²) in [7, 11) is 1.76. The van der Waals surface area contributed by atoms with E-state index in [0.29, 0.717) is 11.5 Å². The van der Waals surface area contributed by atoms with Gasteiger partial charge in [0.15, 0.2) is 0 Å². The minimum Gasteiger partial charge on any atom is -0.497 e. The Morgan fingerprint density at radius 2 is 2.04 bits per heavy atom. The molecule has 0 amide bonds. The van der Waals surface area contributed by atoms with Gasteiger partial charge >= 0.3 is 0 Å². The lowest BCUT2D eigenvalue weighted by Gasteiger charge is -2.29. The lowest BCUT2D eigenvalue weighted by atomic mass is 9.88. The van der Waals surface area contributed by atoms with Gasteiger partial charge in [-0.15, -0.1) is 0 Å². The van der Waals surface area contributed by atoms with Crippen LogP contribution in [0.3, 0.4) is 0 Å². The van der Waals surface area contributed by atoms with Gasteiger partial charge in [-0.05, 0) is 86.7 Å². The third-order valence-electron chi connectivity index (χ3n) is 6.12. The van der Waals surface area contributed by atoms with Crippen LogP contribution in [0.2, 0.25) is 0 Å². The standard InChI is InChI=1S/C20H30N2O/c1-23-19-7-5-16-4-6-18(12-17(16)13-19)21-14-20(8-9-20)15-22-10-2-3-11-22/h5,7,13,18,21H,2-4,6,8-12,14-15H2,1H3/t18-/m1/s1. The summed E-state index contributed by atoms with van der Waals surface area (Å²) in [6.45, 7) is 5.21. The molecule has 1 heterocycles. The fourth-order valence-electron chi connectivity index (χ4n) is 4.38. The van der Waals surface area contributed by atoms with Crippen LogP contribution in [0.25, 0.3) is 0 Å². The van der Waals surface area contributed by atoms with Crippen LogP contribution in [0.15, 0.2) is 18.2 Å². The van der Waals surface area contributed by atoms with E-state index in [1.807, 2.05) is 0 Å². The minimum atomic E-state index is 0.596. The molecule has 1 saturated carbocycles. The maximum absolute atomic E-state index is 5.39. The SMILES string of the molecule is COc1ccc2c(c1)C[C@H](NCC1(CN3CCCC3)CC1)CC2. The molecule has 0 radical (unpaired) electrons. The quantitative estimate of drug-likeness (QED) is 0.873. The van der Waals surface area contributed by atoms with Gasteiger partial charge in [0.25, 0.3) is 0 Å². The van der Waals surface area contributed by atoms with Crippen molar-refractivity contribution in [1.29, 1.82) is 0 Å². The maximum Gasteiger partial charge on any atom is 0.119 e. The van der Waals surface area contributed by atoms with Crippen molar-refractivity contribution in [2.24, 2.45) is 5.41 Å². The van der Waals surface area contributed by atoms with Crippen molar-refractivity contribution < 1.29 is 4.74 Å². The number of ether oxygens (including phenoxy) is 1. The van der Waals surface area contributed by atoms with Crippen molar-refractivity contribution in [3.8, 4) is 5.75 Å². The second-order valence-electron chi connectivity index (χ2n) is 7.94. The summed E-state index contributed by atoms with van der Waals surface area (Å²) >= 11 is 0. The summed E-state index contributed by atoms with van der Waals surface area (Å²) in [6, 6.07) is 7.23. The molecule has 1 aromatic rings. The molecule has 1 atom stereocenters. The first-order chi connectivity index (χ1) is 11.3. The Bertz CT molecular complexity index is 547.